The van der Waals surface area contributed by atoms with Crippen molar-refractivity contribution in [2.75, 3.05) is 29.5 Å². The minimum absolute atomic E-state index is 0.144. The second-order valence-corrected chi connectivity index (χ2v) is 12.9. The van der Waals surface area contributed by atoms with Gasteiger partial charge in [-0.2, -0.15) is 10.4 Å². The minimum atomic E-state index is -2.98. The summed E-state index contributed by atoms with van der Waals surface area (Å²) in [5, 5.41) is 17.0. The van der Waals surface area contributed by atoms with Gasteiger partial charge < -0.3 is 10.2 Å². The number of sulfone groups is 1. The first-order chi connectivity index (χ1) is 19.2. The zero-order valence-electron chi connectivity index (χ0n) is 22.7. The molecular weight excluding hydrogens is 531 g/mol. The van der Waals surface area contributed by atoms with E-state index in [2.05, 4.69) is 21.3 Å². The Bertz CT molecular complexity index is 1520. The normalized spacial score (nSPS) is 21.4. The number of halogens is 1. The van der Waals surface area contributed by atoms with Crippen molar-refractivity contribution in [2.45, 2.75) is 51.5 Å². The van der Waals surface area contributed by atoms with E-state index >= 15 is 0 Å². The first-order valence-electron chi connectivity index (χ1n) is 13.6. The molecule has 2 fully saturated rings. The molecule has 0 unspecified atom stereocenters. The summed E-state index contributed by atoms with van der Waals surface area (Å²) in [6, 6.07) is 12.4. The Hall–Kier alpha value is -3.78. The van der Waals surface area contributed by atoms with E-state index in [1.165, 1.54) is 6.07 Å². The number of carbonyl (C=O) groups is 1. The number of benzene rings is 1. The molecule has 1 saturated heterocycles. The van der Waals surface area contributed by atoms with Gasteiger partial charge in [0.2, 0.25) is 5.91 Å². The standard InChI is InChI=1S/C29H33FN6O3S/c1-19(17-31)33-29(37)25-6-4-3-5-24(25)28-27(20(2)36(34-28)26-12-9-22(30)18-32-26)21-7-10-23(11-8-21)35-13-15-40(38,39)16-14-35/h7-12,18-19,24-25H,3-6,13-16H2,1-2H3,(H,33,37)/t19-,24+,25+/m0/s1. The van der Waals surface area contributed by atoms with Gasteiger partial charge in [-0.3, -0.25) is 4.79 Å². The Kier molecular flexibility index (Phi) is 7.90. The third kappa shape index (κ3) is 5.72. The van der Waals surface area contributed by atoms with Crippen LogP contribution in [0.3, 0.4) is 0 Å². The van der Waals surface area contributed by atoms with Crippen molar-refractivity contribution in [3.05, 3.63) is 59.8 Å². The summed E-state index contributed by atoms with van der Waals surface area (Å²) in [6.45, 7) is 4.52. The van der Waals surface area contributed by atoms with Gasteiger partial charge in [0.25, 0.3) is 0 Å². The Morgan fingerprint density at radius 1 is 1.12 bits per heavy atom. The lowest BCUT2D eigenvalue weighted by Crippen LogP contribution is -2.40. The highest BCUT2D eigenvalue weighted by Gasteiger charge is 2.37. The summed E-state index contributed by atoms with van der Waals surface area (Å²) in [5.41, 5.74) is 4.37. The lowest BCUT2D eigenvalue weighted by Gasteiger charge is -2.31. The molecule has 9 nitrogen and oxygen atoms in total. The van der Waals surface area contributed by atoms with Crippen LogP contribution in [0, 0.1) is 30.0 Å². The predicted octanol–water partition coefficient (Wildman–Crippen LogP) is 3.92. The molecule has 1 amide bonds. The molecular formula is C29H33FN6O3S. The highest BCUT2D eigenvalue weighted by Crippen LogP contribution is 2.43. The SMILES string of the molecule is Cc1c(-c2ccc(N3CCS(=O)(=O)CC3)cc2)c([C@@H]2CCCC[C@H]2C(=O)N[C@@H](C)C#N)nn1-c1ccc(F)cn1. The van der Waals surface area contributed by atoms with E-state index in [1.54, 1.807) is 17.7 Å². The molecule has 11 heteroatoms. The first-order valence-corrected chi connectivity index (χ1v) is 15.5. The number of carbonyl (C=O) groups excluding carboxylic acids is 1. The van der Waals surface area contributed by atoms with Crippen LogP contribution in [0.15, 0.2) is 42.6 Å². The van der Waals surface area contributed by atoms with Crippen molar-refractivity contribution in [1.82, 2.24) is 20.1 Å². The number of hydrogen-bond donors (Lipinski definition) is 1. The third-order valence-corrected chi connectivity index (χ3v) is 9.55. The summed E-state index contributed by atoms with van der Waals surface area (Å²) in [7, 11) is -2.98. The first kappa shape index (κ1) is 27.8. The lowest BCUT2D eigenvalue weighted by atomic mass is 9.75. The summed E-state index contributed by atoms with van der Waals surface area (Å²) >= 11 is 0. The molecule has 1 aliphatic carbocycles. The Balaban J connectivity index is 1.55. The van der Waals surface area contributed by atoms with Gasteiger partial charge in [0.05, 0.1) is 35.2 Å². The van der Waals surface area contributed by atoms with Gasteiger partial charge in [-0.25, -0.2) is 22.5 Å². The van der Waals surface area contributed by atoms with Crippen molar-refractivity contribution in [1.29, 1.82) is 5.26 Å². The number of nitrogens with one attached hydrogen (secondary N) is 1. The van der Waals surface area contributed by atoms with Crippen molar-refractivity contribution >= 4 is 21.4 Å². The monoisotopic (exact) mass is 564 g/mol. The second-order valence-electron chi connectivity index (χ2n) is 10.6. The number of rotatable bonds is 6. The average Bonchev–Trinajstić information content (AvgIpc) is 3.30. The van der Waals surface area contributed by atoms with E-state index < -0.39 is 21.7 Å². The van der Waals surface area contributed by atoms with Crippen molar-refractivity contribution in [3.8, 4) is 23.0 Å². The van der Waals surface area contributed by atoms with Crippen LogP contribution in [0.2, 0.25) is 0 Å². The number of pyridine rings is 1. The topological polar surface area (TPSA) is 121 Å². The Morgan fingerprint density at radius 2 is 1.82 bits per heavy atom. The molecule has 5 rings (SSSR count). The molecule has 3 heterocycles. The number of aromatic nitrogens is 3. The molecule has 210 valence electrons. The van der Waals surface area contributed by atoms with Crippen molar-refractivity contribution in [2.24, 2.45) is 5.92 Å². The fraction of sp³-hybridized carbons (Fsp3) is 0.448. The molecule has 3 aromatic rings. The van der Waals surface area contributed by atoms with E-state index in [4.69, 9.17) is 5.10 Å². The molecule has 0 spiro atoms. The van der Waals surface area contributed by atoms with Gasteiger partial charge >= 0.3 is 0 Å². The van der Waals surface area contributed by atoms with Gasteiger partial charge in [-0.05, 0) is 56.5 Å². The molecule has 1 aromatic carbocycles. The average molecular weight is 565 g/mol. The lowest BCUT2D eigenvalue weighted by molar-refractivity contribution is -0.126. The molecule has 0 radical (unpaired) electrons. The van der Waals surface area contributed by atoms with E-state index in [-0.39, 0.29) is 29.2 Å². The molecule has 2 aromatic heterocycles. The van der Waals surface area contributed by atoms with Gasteiger partial charge in [-0.15, -0.1) is 0 Å². The number of anilines is 1. The zero-order chi connectivity index (χ0) is 28.4. The quantitative estimate of drug-likeness (QED) is 0.482. The van der Waals surface area contributed by atoms with Gasteiger partial charge in [0.15, 0.2) is 15.7 Å². The molecule has 1 N–H and O–H groups in total. The fourth-order valence-corrected chi connectivity index (χ4v) is 6.99. The molecule has 2 aliphatic rings. The summed E-state index contributed by atoms with van der Waals surface area (Å²) < 4.78 is 39.1. The van der Waals surface area contributed by atoms with Crippen LogP contribution >= 0.6 is 0 Å². The fourth-order valence-electron chi connectivity index (χ4n) is 5.79. The Labute approximate surface area is 233 Å². The van der Waals surface area contributed by atoms with Crippen LogP contribution in [-0.2, 0) is 14.6 Å². The highest BCUT2D eigenvalue weighted by molar-refractivity contribution is 7.91. The maximum Gasteiger partial charge on any atom is 0.224 e. The van der Waals surface area contributed by atoms with Crippen LogP contribution in [0.1, 0.15) is 49.9 Å². The maximum absolute atomic E-state index is 13.7. The third-order valence-electron chi connectivity index (χ3n) is 7.94. The smallest absolute Gasteiger partial charge is 0.224 e. The number of hydrogen-bond acceptors (Lipinski definition) is 7. The van der Waals surface area contributed by atoms with Crippen LogP contribution in [0.5, 0.6) is 0 Å². The van der Waals surface area contributed by atoms with Crippen LogP contribution in [0.25, 0.3) is 16.9 Å². The number of nitriles is 1. The van der Waals surface area contributed by atoms with Crippen LogP contribution in [0.4, 0.5) is 10.1 Å². The molecule has 3 atom stereocenters. The highest BCUT2D eigenvalue weighted by atomic mass is 32.2. The van der Waals surface area contributed by atoms with E-state index in [1.807, 2.05) is 31.2 Å². The molecule has 1 saturated carbocycles. The molecule has 1 aliphatic heterocycles. The largest absolute Gasteiger partial charge is 0.369 e. The van der Waals surface area contributed by atoms with E-state index in [9.17, 15) is 22.9 Å². The van der Waals surface area contributed by atoms with Crippen molar-refractivity contribution in [3.63, 3.8) is 0 Å². The van der Waals surface area contributed by atoms with Crippen LogP contribution < -0.4 is 10.2 Å². The summed E-state index contributed by atoms with van der Waals surface area (Å²) in [6.07, 6.45) is 4.51. The van der Waals surface area contributed by atoms with Crippen molar-refractivity contribution < 1.29 is 17.6 Å². The maximum atomic E-state index is 13.7. The minimum Gasteiger partial charge on any atom is -0.369 e. The van der Waals surface area contributed by atoms with Crippen LogP contribution in [-0.4, -0.2) is 59.7 Å². The second kappa shape index (κ2) is 11.4. The predicted molar refractivity (Wildman–Crippen MR) is 150 cm³/mol. The number of nitrogens with zero attached hydrogens (tertiary/aromatic N) is 5. The molecule has 0 bridgehead atoms. The Morgan fingerprint density at radius 3 is 2.48 bits per heavy atom. The van der Waals surface area contributed by atoms with Gasteiger partial charge in [0, 0.05) is 36.2 Å². The van der Waals surface area contributed by atoms with E-state index in [0.29, 0.717) is 25.3 Å². The summed E-state index contributed by atoms with van der Waals surface area (Å²) in [5.74, 6) is -0.315. The van der Waals surface area contributed by atoms with E-state index in [0.717, 1.165) is 53.7 Å². The van der Waals surface area contributed by atoms with Gasteiger partial charge in [-0.1, -0.05) is 25.0 Å². The zero-order valence-corrected chi connectivity index (χ0v) is 23.5. The van der Waals surface area contributed by atoms with Gasteiger partial charge in [0.1, 0.15) is 11.9 Å². The molecule has 40 heavy (non-hydrogen) atoms. The number of amides is 1. The summed E-state index contributed by atoms with van der Waals surface area (Å²) in [4.78, 5) is 19.6.